The summed E-state index contributed by atoms with van der Waals surface area (Å²) in [7, 11) is 1.38. The maximum atomic E-state index is 12.3. The van der Waals surface area contributed by atoms with Gasteiger partial charge in [-0.15, -0.1) is 11.3 Å². The molecular weight excluding hydrogens is 404 g/mol. The molecule has 0 atom stereocenters. The smallest absolute Gasteiger partial charge is 0.341 e. The van der Waals surface area contributed by atoms with Gasteiger partial charge in [-0.05, 0) is 55.4 Å². The molecule has 3 aromatic rings. The lowest BCUT2D eigenvalue weighted by atomic mass is 10.1. The SMILES string of the molecule is CCc1c(C)sc(NC(=S)Nc2ccccc2Oc2ccccc2)c1C(=O)OC. The molecule has 0 fully saturated rings. The van der Waals surface area contributed by atoms with Crippen molar-refractivity contribution in [1.29, 1.82) is 0 Å². The first-order valence-electron chi connectivity index (χ1n) is 9.14. The second-order valence-corrected chi connectivity index (χ2v) is 7.81. The third kappa shape index (κ3) is 4.93. The molecule has 29 heavy (non-hydrogen) atoms. The van der Waals surface area contributed by atoms with Crippen molar-refractivity contribution in [1.82, 2.24) is 0 Å². The fraction of sp³-hybridized carbons (Fsp3) is 0.182. The van der Waals surface area contributed by atoms with E-state index in [1.807, 2.05) is 68.4 Å². The largest absolute Gasteiger partial charge is 0.465 e. The predicted octanol–water partition coefficient (Wildman–Crippen LogP) is 6.01. The van der Waals surface area contributed by atoms with Gasteiger partial charge in [0.1, 0.15) is 10.8 Å². The number of carbonyl (C=O) groups excluding carboxylic acids is 1. The Morgan fingerprint density at radius 2 is 1.76 bits per heavy atom. The molecule has 3 rings (SSSR count). The zero-order chi connectivity index (χ0) is 20.8. The van der Waals surface area contributed by atoms with E-state index >= 15 is 0 Å². The minimum atomic E-state index is -0.371. The number of nitrogens with one attached hydrogen (secondary N) is 2. The van der Waals surface area contributed by atoms with Crippen LogP contribution in [0.4, 0.5) is 10.7 Å². The van der Waals surface area contributed by atoms with E-state index in [0.29, 0.717) is 21.4 Å². The summed E-state index contributed by atoms with van der Waals surface area (Å²) in [6, 6.07) is 17.1. The number of anilines is 2. The lowest BCUT2D eigenvalue weighted by Crippen LogP contribution is -2.20. The van der Waals surface area contributed by atoms with Crippen molar-refractivity contribution < 1.29 is 14.3 Å². The number of methoxy groups -OCH3 is 1. The summed E-state index contributed by atoms with van der Waals surface area (Å²) in [6.07, 6.45) is 0.738. The van der Waals surface area contributed by atoms with E-state index in [1.165, 1.54) is 18.4 Å². The van der Waals surface area contributed by atoms with Gasteiger partial charge < -0.3 is 20.1 Å². The third-order valence-electron chi connectivity index (χ3n) is 4.29. The molecule has 0 radical (unpaired) electrons. The maximum absolute atomic E-state index is 12.3. The van der Waals surface area contributed by atoms with E-state index in [-0.39, 0.29) is 5.97 Å². The molecule has 5 nitrogen and oxygen atoms in total. The van der Waals surface area contributed by atoms with Crippen LogP contribution in [-0.4, -0.2) is 18.2 Å². The van der Waals surface area contributed by atoms with Crippen molar-refractivity contribution in [3.63, 3.8) is 0 Å². The van der Waals surface area contributed by atoms with Crippen LogP contribution in [0.5, 0.6) is 11.5 Å². The van der Waals surface area contributed by atoms with E-state index in [0.717, 1.165) is 28.3 Å². The molecule has 0 aliphatic carbocycles. The fourth-order valence-corrected chi connectivity index (χ4v) is 4.36. The zero-order valence-electron chi connectivity index (χ0n) is 16.4. The van der Waals surface area contributed by atoms with Crippen LogP contribution in [0, 0.1) is 6.92 Å². The molecule has 1 aromatic heterocycles. The molecule has 0 aliphatic rings. The Labute approximate surface area is 179 Å². The van der Waals surface area contributed by atoms with Gasteiger partial charge in [0.25, 0.3) is 0 Å². The van der Waals surface area contributed by atoms with Crippen LogP contribution >= 0.6 is 23.6 Å². The first-order chi connectivity index (χ1) is 14.0. The number of carbonyl (C=O) groups is 1. The van der Waals surface area contributed by atoms with Gasteiger partial charge in [-0.2, -0.15) is 0 Å². The summed E-state index contributed by atoms with van der Waals surface area (Å²) < 4.78 is 10.9. The topological polar surface area (TPSA) is 59.6 Å². The van der Waals surface area contributed by atoms with E-state index < -0.39 is 0 Å². The highest BCUT2D eigenvalue weighted by atomic mass is 32.1. The Hall–Kier alpha value is -2.90. The number of rotatable bonds is 6. The molecule has 2 aromatic carbocycles. The second kappa shape index (κ2) is 9.54. The molecule has 7 heteroatoms. The number of aryl methyl sites for hydroxylation is 1. The highest BCUT2D eigenvalue weighted by molar-refractivity contribution is 7.80. The summed E-state index contributed by atoms with van der Waals surface area (Å²) in [4.78, 5) is 13.3. The summed E-state index contributed by atoms with van der Waals surface area (Å²) in [5.74, 6) is 1.01. The van der Waals surface area contributed by atoms with Crippen molar-refractivity contribution in [3.05, 3.63) is 70.6 Å². The van der Waals surface area contributed by atoms with Crippen LogP contribution in [0.25, 0.3) is 0 Å². The summed E-state index contributed by atoms with van der Waals surface area (Å²) in [6.45, 7) is 4.00. The summed E-state index contributed by atoms with van der Waals surface area (Å²) in [5.41, 5.74) is 2.23. The van der Waals surface area contributed by atoms with E-state index in [9.17, 15) is 4.79 Å². The minimum Gasteiger partial charge on any atom is -0.465 e. The molecule has 0 unspecified atom stereocenters. The average molecular weight is 427 g/mol. The van der Waals surface area contributed by atoms with Crippen molar-refractivity contribution in [2.75, 3.05) is 17.7 Å². The zero-order valence-corrected chi connectivity index (χ0v) is 18.1. The monoisotopic (exact) mass is 426 g/mol. The van der Waals surface area contributed by atoms with E-state index in [2.05, 4.69) is 10.6 Å². The number of thiophene rings is 1. The normalized spacial score (nSPS) is 10.3. The van der Waals surface area contributed by atoms with Crippen molar-refractivity contribution in [2.45, 2.75) is 20.3 Å². The van der Waals surface area contributed by atoms with Gasteiger partial charge in [-0.1, -0.05) is 37.3 Å². The highest BCUT2D eigenvalue weighted by Crippen LogP contribution is 2.35. The predicted molar refractivity (Wildman–Crippen MR) is 123 cm³/mol. The fourth-order valence-electron chi connectivity index (χ4n) is 2.94. The van der Waals surface area contributed by atoms with E-state index in [1.54, 1.807) is 0 Å². The van der Waals surface area contributed by atoms with Gasteiger partial charge in [0.15, 0.2) is 10.9 Å². The van der Waals surface area contributed by atoms with Crippen LogP contribution in [0.15, 0.2) is 54.6 Å². The van der Waals surface area contributed by atoms with Crippen LogP contribution in [-0.2, 0) is 11.2 Å². The van der Waals surface area contributed by atoms with Gasteiger partial charge in [0.05, 0.1) is 18.4 Å². The summed E-state index contributed by atoms with van der Waals surface area (Å²) >= 11 is 6.97. The summed E-state index contributed by atoms with van der Waals surface area (Å²) in [5, 5.41) is 7.34. The first-order valence-corrected chi connectivity index (χ1v) is 10.4. The molecule has 0 aliphatic heterocycles. The molecule has 1 heterocycles. The lowest BCUT2D eigenvalue weighted by molar-refractivity contribution is 0.0601. The molecule has 0 saturated heterocycles. The number of para-hydroxylation sites is 3. The number of benzene rings is 2. The highest BCUT2D eigenvalue weighted by Gasteiger charge is 2.22. The van der Waals surface area contributed by atoms with Crippen molar-refractivity contribution >= 4 is 45.3 Å². The Balaban J connectivity index is 1.80. The molecule has 0 spiro atoms. The van der Waals surface area contributed by atoms with Crippen LogP contribution in [0.3, 0.4) is 0 Å². The number of thiocarbonyl (C=S) groups is 1. The van der Waals surface area contributed by atoms with Gasteiger partial charge in [0, 0.05) is 4.88 Å². The minimum absolute atomic E-state index is 0.364. The lowest BCUT2D eigenvalue weighted by Gasteiger charge is -2.14. The van der Waals surface area contributed by atoms with Crippen LogP contribution in [0.2, 0.25) is 0 Å². The third-order valence-corrected chi connectivity index (χ3v) is 5.55. The maximum Gasteiger partial charge on any atom is 0.341 e. The molecule has 0 saturated carbocycles. The van der Waals surface area contributed by atoms with Crippen LogP contribution < -0.4 is 15.4 Å². The number of hydrogen-bond donors (Lipinski definition) is 2. The molecular formula is C22H22N2O3S2. The Morgan fingerprint density at radius 1 is 1.07 bits per heavy atom. The molecule has 0 bridgehead atoms. The average Bonchev–Trinajstić information content (AvgIpc) is 3.04. The Morgan fingerprint density at radius 3 is 2.45 bits per heavy atom. The molecule has 150 valence electrons. The standard InChI is InChI=1S/C22H22N2O3S2/c1-4-16-14(2)29-20(19(16)21(25)26-3)24-22(28)23-17-12-8-9-13-18(17)27-15-10-6-5-7-11-15/h5-13H,4H2,1-3H3,(H2,23,24,28). The quantitative estimate of drug-likeness (QED) is 0.372. The molecule has 0 amide bonds. The first kappa shape index (κ1) is 20.8. The second-order valence-electron chi connectivity index (χ2n) is 6.18. The van der Waals surface area contributed by atoms with Gasteiger partial charge in [-0.3, -0.25) is 0 Å². The number of ether oxygens (including phenoxy) is 2. The van der Waals surface area contributed by atoms with Gasteiger partial charge >= 0.3 is 5.97 Å². The van der Waals surface area contributed by atoms with Gasteiger partial charge in [0.2, 0.25) is 0 Å². The Kier molecular flexibility index (Phi) is 6.85. The van der Waals surface area contributed by atoms with Crippen molar-refractivity contribution in [2.24, 2.45) is 0 Å². The van der Waals surface area contributed by atoms with Gasteiger partial charge in [-0.25, -0.2) is 4.79 Å². The molecule has 2 N–H and O–H groups in total. The Bertz CT molecular complexity index is 1020. The van der Waals surface area contributed by atoms with Crippen molar-refractivity contribution in [3.8, 4) is 11.5 Å². The number of hydrogen-bond acceptors (Lipinski definition) is 5. The van der Waals surface area contributed by atoms with E-state index in [4.69, 9.17) is 21.7 Å². The number of esters is 1. The van der Waals surface area contributed by atoms with Crippen LogP contribution in [0.1, 0.15) is 27.7 Å².